The van der Waals surface area contributed by atoms with E-state index in [1.807, 2.05) is 0 Å². The maximum Gasteiger partial charge on any atom is 0.433 e. The Morgan fingerprint density at radius 1 is 1.11 bits per heavy atom. The molecule has 1 saturated carbocycles. The third-order valence-electron chi connectivity index (χ3n) is 6.60. The van der Waals surface area contributed by atoms with Crippen LogP contribution in [0, 0.1) is 0 Å². The number of nitrogens with one attached hydrogen (secondary N) is 2. The molecule has 1 unspecified atom stereocenters. The van der Waals surface area contributed by atoms with Crippen LogP contribution in [0.25, 0.3) is 23.2 Å². The van der Waals surface area contributed by atoms with Gasteiger partial charge in [-0.3, -0.25) is 20.4 Å². The lowest BCUT2D eigenvalue weighted by molar-refractivity contribution is -0.141. The molecule has 2 N–H and O–H groups in total. The molecule has 1 aliphatic rings. The van der Waals surface area contributed by atoms with Gasteiger partial charge in [0.15, 0.2) is 5.82 Å². The highest BCUT2D eigenvalue weighted by molar-refractivity contribution is 6.23. The van der Waals surface area contributed by atoms with Crippen LogP contribution in [0.3, 0.4) is 0 Å². The number of aromatic nitrogens is 6. The summed E-state index contributed by atoms with van der Waals surface area (Å²) in [5.41, 5.74) is 5.19. The van der Waals surface area contributed by atoms with E-state index in [4.69, 9.17) is 9.47 Å². The molecule has 44 heavy (non-hydrogen) atoms. The molecule has 1 aromatic carbocycles. The molecule has 3 aromatic heterocycles. The minimum atomic E-state index is -4.64. The van der Waals surface area contributed by atoms with Gasteiger partial charge in [-0.1, -0.05) is 12.1 Å². The van der Waals surface area contributed by atoms with Crippen LogP contribution in [0.5, 0.6) is 5.75 Å². The van der Waals surface area contributed by atoms with Crippen molar-refractivity contribution < 1.29 is 32.2 Å². The largest absolute Gasteiger partial charge is 0.497 e. The number of methoxy groups -OCH3 is 1. The molecule has 1 atom stereocenters. The Hall–Kier alpha value is -5.18. The molecule has 3 heterocycles. The molecule has 4 aromatic rings. The fraction of sp³-hybridized carbons (Fsp3) is 0.276. The molecule has 0 radical (unpaired) electrons. The predicted molar refractivity (Wildman–Crippen MR) is 150 cm³/mol. The van der Waals surface area contributed by atoms with Crippen LogP contribution in [0.15, 0.2) is 61.4 Å². The van der Waals surface area contributed by atoms with E-state index in [9.17, 15) is 22.8 Å². The molecular formula is C29H27F3N8O4. The second-order valence-corrected chi connectivity index (χ2v) is 9.90. The van der Waals surface area contributed by atoms with Crippen molar-refractivity contribution in [1.82, 2.24) is 40.6 Å². The molecule has 5 rings (SSSR count). The number of halogens is 3. The number of amides is 2. The Morgan fingerprint density at radius 2 is 1.84 bits per heavy atom. The Kier molecular flexibility index (Phi) is 8.94. The van der Waals surface area contributed by atoms with E-state index in [0.29, 0.717) is 11.4 Å². The summed E-state index contributed by atoms with van der Waals surface area (Å²) >= 11 is 0. The van der Waals surface area contributed by atoms with E-state index in [-0.39, 0.29) is 35.0 Å². The van der Waals surface area contributed by atoms with Gasteiger partial charge in [0.05, 0.1) is 19.3 Å². The molecule has 2 amide bonds. The first-order valence-corrected chi connectivity index (χ1v) is 13.4. The van der Waals surface area contributed by atoms with Gasteiger partial charge in [-0.25, -0.2) is 24.6 Å². The second kappa shape index (κ2) is 13.0. The Balaban J connectivity index is 1.30. The molecule has 0 saturated heterocycles. The first-order chi connectivity index (χ1) is 21.1. The van der Waals surface area contributed by atoms with Crippen LogP contribution >= 0.6 is 0 Å². The number of nitrogens with zero attached hydrogens (tertiary/aromatic N) is 6. The summed E-state index contributed by atoms with van der Waals surface area (Å²) in [7, 11) is 1.56. The lowest BCUT2D eigenvalue weighted by Gasteiger charge is -2.15. The predicted octanol–water partition coefficient (Wildman–Crippen LogP) is 3.79. The number of rotatable bonds is 10. The van der Waals surface area contributed by atoms with E-state index in [0.717, 1.165) is 24.5 Å². The third kappa shape index (κ3) is 7.60. The zero-order valence-electron chi connectivity index (χ0n) is 23.6. The van der Waals surface area contributed by atoms with Crippen LogP contribution in [-0.2, 0) is 27.1 Å². The third-order valence-corrected chi connectivity index (χ3v) is 6.60. The van der Waals surface area contributed by atoms with Crippen molar-refractivity contribution in [3.63, 3.8) is 0 Å². The highest BCUT2D eigenvalue weighted by Crippen LogP contribution is 2.41. The molecule has 0 aliphatic heterocycles. The van der Waals surface area contributed by atoms with Crippen LogP contribution in [-0.4, -0.2) is 54.7 Å². The van der Waals surface area contributed by atoms with Crippen LogP contribution < -0.4 is 15.6 Å². The van der Waals surface area contributed by atoms with Crippen molar-refractivity contribution in [2.75, 3.05) is 7.11 Å². The summed E-state index contributed by atoms with van der Waals surface area (Å²) in [5, 5.41) is 4.26. The van der Waals surface area contributed by atoms with Gasteiger partial charge in [-0.2, -0.15) is 13.2 Å². The molecule has 1 fully saturated rings. The summed E-state index contributed by atoms with van der Waals surface area (Å²) in [5.74, 6) is -0.684. The van der Waals surface area contributed by atoms with Crippen LogP contribution in [0.1, 0.15) is 48.2 Å². The summed E-state index contributed by atoms with van der Waals surface area (Å²) in [6, 6.07) is 9.57. The van der Waals surface area contributed by atoms with Gasteiger partial charge in [0.25, 0.3) is 11.8 Å². The molecular weight excluding hydrogens is 581 g/mol. The van der Waals surface area contributed by atoms with E-state index in [1.165, 1.54) is 42.9 Å². The number of carbonyl (C=O) groups excluding carboxylic acids is 2. The van der Waals surface area contributed by atoms with Crippen molar-refractivity contribution >= 4 is 23.6 Å². The van der Waals surface area contributed by atoms with Crippen molar-refractivity contribution in [1.29, 1.82) is 0 Å². The van der Waals surface area contributed by atoms with Crippen molar-refractivity contribution in [2.45, 2.75) is 44.6 Å². The highest BCUT2D eigenvalue weighted by atomic mass is 19.4. The zero-order chi connectivity index (χ0) is 31.3. The SMILES string of the molecule is COc1ccc(COC(C)C(=O)NNC(=O)/C(=C/n2cnc(-c3cc(C4CC4)nc(C(F)(F)F)c3)n2)c2cncnc2)cc1. The van der Waals surface area contributed by atoms with Gasteiger partial charge in [0.2, 0.25) is 0 Å². The van der Waals surface area contributed by atoms with Crippen molar-refractivity contribution in [2.24, 2.45) is 0 Å². The van der Waals surface area contributed by atoms with Gasteiger partial charge < -0.3 is 9.47 Å². The minimum Gasteiger partial charge on any atom is -0.497 e. The Labute approximate surface area is 249 Å². The molecule has 1 aliphatic carbocycles. The quantitative estimate of drug-likeness (QED) is 0.203. The molecule has 12 nitrogen and oxygen atoms in total. The molecule has 228 valence electrons. The maximum atomic E-state index is 13.5. The summed E-state index contributed by atoms with van der Waals surface area (Å²) in [6.07, 6.45) is 2.53. The molecule has 0 spiro atoms. The lowest BCUT2D eigenvalue weighted by atomic mass is 10.1. The highest BCUT2D eigenvalue weighted by Gasteiger charge is 2.36. The molecule has 15 heteroatoms. The van der Waals surface area contributed by atoms with E-state index in [2.05, 4.69) is 35.9 Å². The smallest absolute Gasteiger partial charge is 0.433 e. The maximum absolute atomic E-state index is 13.5. The number of pyridine rings is 1. The summed E-state index contributed by atoms with van der Waals surface area (Å²) < 4.78 is 52.4. The van der Waals surface area contributed by atoms with Crippen molar-refractivity contribution in [3.05, 3.63) is 84.0 Å². The number of carbonyl (C=O) groups is 2. The Morgan fingerprint density at radius 3 is 2.50 bits per heavy atom. The van der Waals surface area contributed by atoms with Crippen LogP contribution in [0.4, 0.5) is 13.2 Å². The van der Waals surface area contributed by atoms with Crippen LogP contribution in [0.2, 0.25) is 0 Å². The fourth-order valence-electron chi connectivity index (χ4n) is 4.02. The average Bonchev–Trinajstić information content (AvgIpc) is 3.78. The monoisotopic (exact) mass is 608 g/mol. The lowest BCUT2D eigenvalue weighted by Crippen LogP contribution is -2.46. The normalized spacial score (nSPS) is 14.2. The van der Waals surface area contributed by atoms with Crippen molar-refractivity contribution in [3.8, 4) is 17.1 Å². The summed E-state index contributed by atoms with van der Waals surface area (Å²) in [4.78, 5) is 41.6. The standard InChI is InChI=1S/C29H27F3N8O4/c1-17(44-14-18-3-7-22(43-2)8-4-18)27(41)37-38-28(42)23(21-11-33-15-34-12-21)13-40-16-35-26(39-40)20-9-24(19-5-6-19)36-25(10-20)29(30,31)32/h3-4,7-13,15-17,19H,5-6,14H2,1-2H3,(H,37,41)(H,38,42)/b23-13+. The number of benzene rings is 1. The number of hydrogen-bond acceptors (Lipinski definition) is 9. The fourth-order valence-corrected chi connectivity index (χ4v) is 4.02. The molecule has 0 bridgehead atoms. The number of hydrogen-bond donors (Lipinski definition) is 2. The average molecular weight is 609 g/mol. The zero-order valence-corrected chi connectivity index (χ0v) is 23.6. The van der Waals surface area contributed by atoms with Gasteiger partial charge in [-0.15, -0.1) is 5.10 Å². The topological polar surface area (TPSA) is 146 Å². The number of hydrazine groups is 1. The van der Waals surface area contributed by atoms with E-state index < -0.39 is 29.8 Å². The van der Waals surface area contributed by atoms with Gasteiger partial charge in [-0.05, 0) is 49.6 Å². The van der Waals surface area contributed by atoms with E-state index in [1.54, 1.807) is 37.4 Å². The first-order valence-electron chi connectivity index (χ1n) is 13.4. The number of alkyl halides is 3. The summed E-state index contributed by atoms with van der Waals surface area (Å²) in [6.45, 7) is 1.68. The van der Waals surface area contributed by atoms with Gasteiger partial charge in [0.1, 0.15) is 30.2 Å². The number of ether oxygens (including phenoxy) is 2. The first kappa shape index (κ1) is 30.3. The Bertz CT molecular complexity index is 1660. The van der Waals surface area contributed by atoms with Gasteiger partial charge >= 0.3 is 6.18 Å². The minimum absolute atomic E-state index is 0.0104. The van der Waals surface area contributed by atoms with Gasteiger partial charge in [0, 0.05) is 41.3 Å². The second-order valence-electron chi connectivity index (χ2n) is 9.90. The van der Waals surface area contributed by atoms with E-state index >= 15 is 0 Å².